The lowest BCUT2D eigenvalue weighted by Gasteiger charge is -2.20. The first-order chi connectivity index (χ1) is 8.25. The molecule has 0 amide bonds. The van der Waals surface area contributed by atoms with Crippen molar-refractivity contribution < 1.29 is 4.74 Å². The molecule has 1 aromatic carbocycles. The summed E-state index contributed by atoms with van der Waals surface area (Å²) in [7, 11) is 0. The number of aromatic nitrogens is 2. The number of hydrogen-bond acceptors (Lipinski definition) is 3. The molecule has 0 saturated carbocycles. The van der Waals surface area contributed by atoms with Gasteiger partial charge in [-0.3, -0.25) is 0 Å². The van der Waals surface area contributed by atoms with Gasteiger partial charge >= 0.3 is 0 Å². The van der Waals surface area contributed by atoms with Crippen LogP contribution in [0.4, 0.5) is 5.69 Å². The zero-order valence-electron chi connectivity index (χ0n) is 9.97. The highest BCUT2D eigenvalue weighted by atomic mass is 16.5. The molecule has 2 heterocycles. The van der Waals surface area contributed by atoms with E-state index in [0.29, 0.717) is 12.0 Å². The Hall–Kier alpha value is -1.55. The summed E-state index contributed by atoms with van der Waals surface area (Å²) in [4.78, 5) is 4.41. The van der Waals surface area contributed by atoms with Crippen molar-refractivity contribution in [3.63, 3.8) is 0 Å². The molecule has 4 nitrogen and oxygen atoms in total. The van der Waals surface area contributed by atoms with Crippen molar-refractivity contribution in [2.45, 2.75) is 19.4 Å². The molecule has 1 aliphatic rings. The van der Waals surface area contributed by atoms with E-state index in [2.05, 4.69) is 16.5 Å². The highest BCUT2D eigenvalue weighted by molar-refractivity contribution is 5.79. The number of nitrogen functional groups attached to an aromatic ring is 1. The monoisotopic (exact) mass is 231 g/mol. The van der Waals surface area contributed by atoms with E-state index in [-0.39, 0.29) is 0 Å². The predicted octanol–water partition coefficient (Wildman–Crippen LogP) is 2.22. The van der Waals surface area contributed by atoms with Gasteiger partial charge in [-0.1, -0.05) is 0 Å². The highest BCUT2D eigenvalue weighted by Gasteiger charge is 2.24. The number of imidazole rings is 1. The minimum absolute atomic E-state index is 0.422. The van der Waals surface area contributed by atoms with Gasteiger partial charge in [0.2, 0.25) is 0 Å². The Kier molecular flexibility index (Phi) is 2.52. The van der Waals surface area contributed by atoms with Gasteiger partial charge in [-0.25, -0.2) is 4.98 Å². The van der Waals surface area contributed by atoms with E-state index >= 15 is 0 Å². The largest absolute Gasteiger partial charge is 0.399 e. The number of ether oxygens (including phenoxy) is 1. The van der Waals surface area contributed by atoms with Crippen LogP contribution < -0.4 is 5.73 Å². The van der Waals surface area contributed by atoms with Crippen LogP contribution in [0.5, 0.6) is 0 Å². The molecule has 1 aromatic heterocycles. The van der Waals surface area contributed by atoms with Gasteiger partial charge in [-0.05, 0) is 31.5 Å². The van der Waals surface area contributed by atoms with Crippen molar-refractivity contribution in [2.24, 2.45) is 5.92 Å². The molecule has 3 rings (SSSR count). The lowest BCUT2D eigenvalue weighted by atomic mass is 10.0. The zero-order valence-corrected chi connectivity index (χ0v) is 9.97. The van der Waals surface area contributed by atoms with E-state index in [1.54, 1.807) is 0 Å². The van der Waals surface area contributed by atoms with Crippen molar-refractivity contribution in [2.75, 3.05) is 18.9 Å². The molecule has 90 valence electrons. The number of nitrogens with two attached hydrogens (primary N) is 1. The number of anilines is 1. The Bertz CT molecular complexity index is 528. The van der Waals surface area contributed by atoms with Gasteiger partial charge in [0.05, 0.1) is 24.0 Å². The predicted molar refractivity (Wildman–Crippen MR) is 67.8 cm³/mol. The maximum absolute atomic E-state index is 5.76. The average Bonchev–Trinajstić information content (AvgIpc) is 2.96. The molecule has 0 aliphatic carbocycles. The van der Waals surface area contributed by atoms with E-state index in [1.165, 1.54) is 0 Å². The molecule has 2 N–H and O–H groups in total. The quantitative estimate of drug-likeness (QED) is 0.806. The van der Waals surface area contributed by atoms with Gasteiger partial charge in [-0.15, -0.1) is 0 Å². The van der Waals surface area contributed by atoms with Crippen molar-refractivity contribution in [3.8, 4) is 0 Å². The summed E-state index contributed by atoms with van der Waals surface area (Å²) in [6, 6.07) is 6.32. The third-order valence-corrected chi connectivity index (χ3v) is 3.68. The first-order valence-electron chi connectivity index (χ1n) is 6.05. The van der Waals surface area contributed by atoms with Gasteiger partial charge in [0.25, 0.3) is 0 Å². The summed E-state index contributed by atoms with van der Waals surface area (Å²) < 4.78 is 7.68. The average molecular weight is 231 g/mol. The van der Waals surface area contributed by atoms with E-state index in [9.17, 15) is 0 Å². The van der Waals surface area contributed by atoms with E-state index in [1.807, 2.05) is 24.5 Å². The Labute approximate surface area is 100 Å². The number of fused-ring (bicyclic) bond motifs is 1. The Morgan fingerprint density at radius 1 is 1.53 bits per heavy atom. The second-order valence-electron chi connectivity index (χ2n) is 4.76. The Morgan fingerprint density at radius 2 is 2.41 bits per heavy atom. The van der Waals surface area contributed by atoms with Crippen LogP contribution in [0.3, 0.4) is 0 Å². The summed E-state index contributed by atoms with van der Waals surface area (Å²) in [5.41, 5.74) is 8.65. The molecule has 17 heavy (non-hydrogen) atoms. The smallest absolute Gasteiger partial charge is 0.0960 e. The van der Waals surface area contributed by atoms with E-state index in [0.717, 1.165) is 36.4 Å². The van der Waals surface area contributed by atoms with E-state index in [4.69, 9.17) is 10.5 Å². The third kappa shape index (κ3) is 1.78. The maximum atomic E-state index is 5.76. The Balaban J connectivity index is 1.99. The summed E-state index contributed by atoms with van der Waals surface area (Å²) in [5, 5.41) is 0. The van der Waals surface area contributed by atoms with Gasteiger partial charge in [0.1, 0.15) is 0 Å². The third-order valence-electron chi connectivity index (χ3n) is 3.68. The number of benzene rings is 1. The van der Waals surface area contributed by atoms with Gasteiger partial charge in [0.15, 0.2) is 0 Å². The minimum atomic E-state index is 0.422. The van der Waals surface area contributed by atoms with Gasteiger partial charge in [0, 0.05) is 24.3 Å². The van der Waals surface area contributed by atoms with Crippen molar-refractivity contribution in [1.29, 1.82) is 0 Å². The summed E-state index contributed by atoms with van der Waals surface area (Å²) in [6.45, 7) is 3.97. The number of rotatable bonds is 2. The minimum Gasteiger partial charge on any atom is -0.399 e. The fourth-order valence-electron chi connectivity index (χ4n) is 2.53. The maximum Gasteiger partial charge on any atom is 0.0960 e. The lowest BCUT2D eigenvalue weighted by Crippen LogP contribution is -2.15. The molecule has 1 saturated heterocycles. The summed E-state index contributed by atoms with van der Waals surface area (Å²) in [6.07, 6.45) is 3.04. The second kappa shape index (κ2) is 4.04. The van der Waals surface area contributed by atoms with Gasteiger partial charge < -0.3 is 15.0 Å². The molecule has 4 heteroatoms. The topological polar surface area (TPSA) is 53.1 Å². The number of hydrogen-bond donors (Lipinski definition) is 1. The molecule has 2 unspecified atom stereocenters. The fraction of sp³-hybridized carbons (Fsp3) is 0.462. The lowest BCUT2D eigenvalue weighted by molar-refractivity contribution is 0.175. The molecule has 2 aromatic rings. The van der Waals surface area contributed by atoms with Crippen LogP contribution in [-0.2, 0) is 4.74 Å². The highest BCUT2D eigenvalue weighted by Crippen LogP contribution is 2.29. The second-order valence-corrected chi connectivity index (χ2v) is 4.76. The molecule has 1 aliphatic heterocycles. The van der Waals surface area contributed by atoms with Crippen molar-refractivity contribution in [1.82, 2.24) is 9.55 Å². The van der Waals surface area contributed by atoms with Gasteiger partial charge in [-0.2, -0.15) is 0 Å². The molecular weight excluding hydrogens is 214 g/mol. The van der Waals surface area contributed by atoms with Crippen LogP contribution in [0.1, 0.15) is 19.4 Å². The normalized spacial score (nSPS) is 22.1. The SMILES string of the molecule is CC(C1CCOC1)n1cnc2cc(N)ccc21. The van der Waals surface area contributed by atoms with Crippen LogP contribution in [0, 0.1) is 5.92 Å². The summed E-state index contributed by atoms with van der Waals surface area (Å²) >= 11 is 0. The van der Waals surface area contributed by atoms with Crippen LogP contribution in [0.15, 0.2) is 24.5 Å². The standard InChI is InChI=1S/C13H17N3O/c1-9(10-4-5-17-7-10)16-8-15-12-6-11(14)2-3-13(12)16/h2-3,6,8-10H,4-5,7,14H2,1H3. The summed E-state index contributed by atoms with van der Waals surface area (Å²) in [5.74, 6) is 0.588. The molecule has 2 atom stereocenters. The molecular formula is C13H17N3O. The number of nitrogens with zero attached hydrogens (tertiary/aromatic N) is 2. The molecule has 1 fully saturated rings. The molecule has 0 radical (unpaired) electrons. The fourth-order valence-corrected chi connectivity index (χ4v) is 2.53. The van der Waals surface area contributed by atoms with Crippen LogP contribution in [0.25, 0.3) is 11.0 Å². The first-order valence-corrected chi connectivity index (χ1v) is 6.05. The first kappa shape index (κ1) is 10.6. The molecule has 0 spiro atoms. The van der Waals surface area contributed by atoms with Crippen LogP contribution in [0.2, 0.25) is 0 Å². The van der Waals surface area contributed by atoms with Crippen LogP contribution in [-0.4, -0.2) is 22.8 Å². The Morgan fingerprint density at radius 3 is 3.18 bits per heavy atom. The zero-order chi connectivity index (χ0) is 11.8. The van der Waals surface area contributed by atoms with Crippen molar-refractivity contribution in [3.05, 3.63) is 24.5 Å². The molecule has 0 bridgehead atoms. The van der Waals surface area contributed by atoms with Crippen molar-refractivity contribution >= 4 is 16.7 Å². The van der Waals surface area contributed by atoms with Crippen LogP contribution >= 0.6 is 0 Å². The van der Waals surface area contributed by atoms with E-state index < -0.39 is 0 Å².